The van der Waals surface area contributed by atoms with Crippen molar-refractivity contribution in [3.05, 3.63) is 0 Å². The van der Waals surface area contributed by atoms with Gasteiger partial charge in [-0.3, -0.25) is 0 Å². The molecule has 2 unspecified atom stereocenters. The second-order valence-corrected chi connectivity index (χ2v) is 6.28. The molecule has 1 N–H and O–H groups in total. The van der Waals surface area contributed by atoms with Gasteiger partial charge < -0.3 is 4.74 Å². The van der Waals surface area contributed by atoms with Crippen LogP contribution in [-0.4, -0.2) is 39.8 Å². The van der Waals surface area contributed by atoms with Crippen molar-refractivity contribution >= 4 is 21.6 Å². The molecule has 0 aromatic heterocycles. The lowest BCUT2D eigenvalue weighted by Crippen LogP contribution is -2.33. The van der Waals surface area contributed by atoms with E-state index in [-0.39, 0.29) is 11.7 Å². The summed E-state index contributed by atoms with van der Waals surface area (Å²) in [6, 6.07) is 0. The fourth-order valence-corrected chi connectivity index (χ4v) is 3.18. The summed E-state index contributed by atoms with van der Waals surface area (Å²) in [5.74, 6) is 0.785. The minimum Gasteiger partial charge on any atom is -0.381 e. The molecule has 1 heterocycles. The third kappa shape index (κ3) is 5.15. The highest BCUT2D eigenvalue weighted by Crippen LogP contribution is 2.11. The predicted octanol–water partition coefficient (Wildman–Crippen LogP) is 0.817. The molecule has 0 aromatic carbocycles. The van der Waals surface area contributed by atoms with Gasteiger partial charge in [0.2, 0.25) is 10.0 Å². The summed E-state index contributed by atoms with van der Waals surface area (Å²) in [6.45, 7) is 3.71. The van der Waals surface area contributed by atoms with Crippen LogP contribution >= 0.6 is 11.6 Å². The summed E-state index contributed by atoms with van der Waals surface area (Å²) >= 11 is 5.57. The second-order valence-electron chi connectivity index (χ2n) is 4.12. The van der Waals surface area contributed by atoms with Gasteiger partial charge in [-0.05, 0) is 18.3 Å². The zero-order chi connectivity index (χ0) is 11.3. The summed E-state index contributed by atoms with van der Waals surface area (Å²) < 4.78 is 30.9. The lowest BCUT2D eigenvalue weighted by Gasteiger charge is -2.12. The molecule has 0 bridgehead atoms. The Hall–Kier alpha value is 0.160. The molecule has 1 saturated heterocycles. The molecule has 1 aliphatic rings. The monoisotopic (exact) mass is 255 g/mol. The first-order valence-electron chi connectivity index (χ1n) is 5.14. The standard InChI is InChI=1S/C9H18ClNO3S/c1-8(4-10)7-15(12,13)11-5-9-2-3-14-6-9/h8-9,11H,2-7H2,1H3. The second kappa shape index (κ2) is 6.03. The maximum Gasteiger partial charge on any atom is 0.211 e. The Morgan fingerprint density at radius 3 is 2.87 bits per heavy atom. The molecule has 0 aliphatic carbocycles. The van der Waals surface area contributed by atoms with Crippen molar-refractivity contribution in [3.63, 3.8) is 0 Å². The zero-order valence-electron chi connectivity index (χ0n) is 8.91. The van der Waals surface area contributed by atoms with Gasteiger partial charge in [-0.15, -0.1) is 11.6 Å². The number of ether oxygens (including phenoxy) is 1. The molecule has 0 saturated carbocycles. The molecule has 2 atom stereocenters. The third-order valence-electron chi connectivity index (χ3n) is 2.38. The van der Waals surface area contributed by atoms with Gasteiger partial charge in [0.05, 0.1) is 12.4 Å². The van der Waals surface area contributed by atoms with Gasteiger partial charge in [0, 0.05) is 19.0 Å². The van der Waals surface area contributed by atoms with E-state index < -0.39 is 10.0 Å². The van der Waals surface area contributed by atoms with Crippen LogP contribution < -0.4 is 4.72 Å². The van der Waals surface area contributed by atoms with Gasteiger partial charge in [-0.1, -0.05) is 6.92 Å². The van der Waals surface area contributed by atoms with Crippen LogP contribution in [0.4, 0.5) is 0 Å². The number of sulfonamides is 1. The third-order valence-corrected chi connectivity index (χ3v) is 4.52. The van der Waals surface area contributed by atoms with Crippen molar-refractivity contribution in [2.75, 3.05) is 31.4 Å². The number of hydrogen-bond acceptors (Lipinski definition) is 3. The van der Waals surface area contributed by atoms with Crippen LogP contribution in [0.1, 0.15) is 13.3 Å². The van der Waals surface area contributed by atoms with Gasteiger partial charge in [0.15, 0.2) is 0 Å². The van der Waals surface area contributed by atoms with E-state index in [2.05, 4.69) is 4.72 Å². The Balaban J connectivity index is 2.29. The molecule has 6 heteroatoms. The molecule has 1 rings (SSSR count). The van der Waals surface area contributed by atoms with Crippen LogP contribution in [0.3, 0.4) is 0 Å². The molecule has 0 amide bonds. The van der Waals surface area contributed by atoms with E-state index in [4.69, 9.17) is 16.3 Å². The SMILES string of the molecule is CC(CCl)CS(=O)(=O)NCC1CCOC1. The van der Waals surface area contributed by atoms with Crippen LogP contribution in [0.5, 0.6) is 0 Å². The van der Waals surface area contributed by atoms with E-state index in [0.29, 0.717) is 24.9 Å². The highest BCUT2D eigenvalue weighted by Gasteiger charge is 2.20. The van der Waals surface area contributed by atoms with Crippen LogP contribution in [0.15, 0.2) is 0 Å². The Bertz CT molecular complexity index is 275. The molecule has 0 spiro atoms. The normalized spacial score (nSPS) is 24.3. The first-order chi connectivity index (χ1) is 7.03. The Morgan fingerprint density at radius 1 is 1.60 bits per heavy atom. The van der Waals surface area contributed by atoms with Gasteiger partial charge in [-0.25, -0.2) is 13.1 Å². The molecule has 90 valence electrons. The van der Waals surface area contributed by atoms with E-state index in [1.165, 1.54) is 0 Å². The summed E-state index contributed by atoms with van der Waals surface area (Å²) in [7, 11) is -3.17. The molecule has 4 nitrogen and oxygen atoms in total. The number of halogens is 1. The lowest BCUT2D eigenvalue weighted by atomic mass is 10.1. The summed E-state index contributed by atoms with van der Waals surface area (Å²) in [5, 5.41) is 0. The van der Waals surface area contributed by atoms with Crippen LogP contribution in [0.2, 0.25) is 0 Å². The first kappa shape index (κ1) is 13.2. The molecular formula is C9H18ClNO3S. The average molecular weight is 256 g/mol. The molecule has 1 aliphatic heterocycles. The summed E-state index contributed by atoms with van der Waals surface area (Å²) in [5.41, 5.74) is 0. The first-order valence-corrected chi connectivity index (χ1v) is 7.33. The summed E-state index contributed by atoms with van der Waals surface area (Å²) in [4.78, 5) is 0. The Kier molecular flexibility index (Phi) is 5.32. The topological polar surface area (TPSA) is 55.4 Å². The molecule has 1 fully saturated rings. The predicted molar refractivity (Wildman–Crippen MR) is 60.6 cm³/mol. The van der Waals surface area contributed by atoms with Crippen molar-refractivity contribution in [2.45, 2.75) is 13.3 Å². The van der Waals surface area contributed by atoms with E-state index in [0.717, 1.165) is 13.0 Å². The van der Waals surface area contributed by atoms with Crippen molar-refractivity contribution in [2.24, 2.45) is 11.8 Å². The van der Waals surface area contributed by atoms with Crippen LogP contribution in [0, 0.1) is 11.8 Å². The van der Waals surface area contributed by atoms with Gasteiger partial charge in [-0.2, -0.15) is 0 Å². The van der Waals surface area contributed by atoms with Crippen molar-refractivity contribution in [1.82, 2.24) is 4.72 Å². The minimum atomic E-state index is -3.17. The van der Waals surface area contributed by atoms with Gasteiger partial charge >= 0.3 is 0 Å². The van der Waals surface area contributed by atoms with Crippen molar-refractivity contribution in [1.29, 1.82) is 0 Å². The largest absolute Gasteiger partial charge is 0.381 e. The van der Waals surface area contributed by atoms with E-state index in [1.54, 1.807) is 0 Å². The molecule has 0 aromatic rings. The molecular weight excluding hydrogens is 238 g/mol. The van der Waals surface area contributed by atoms with Crippen LogP contribution in [0.25, 0.3) is 0 Å². The quantitative estimate of drug-likeness (QED) is 0.715. The van der Waals surface area contributed by atoms with Crippen molar-refractivity contribution < 1.29 is 13.2 Å². The lowest BCUT2D eigenvalue weighted by molar-refractivity contribution is 0.186. The fourth-order valence-electron chi connectivity index (χ4n) is 1.47. The van der Waals surface area contributed by atoms with E-state index in [1.807, 2.05) is 6.92 Å². The van der Waals surface area contributed by atoms with E-state index in [9.17, 15) is 8.42 Å². The Labute approximate surface area is 96.4 Å². The summed E-state index contributed by atoms with van der Waals surface area (Å²) in [6.07, 6.45) is 0.938. The van der Waals surface area contributed by atoms with Gasteiger partial charge in [0.1, 0.15) is 0 Å². The fraction of sp³-hybridized carbons (Fsp3) is 1.00. The smallest absolute Gasteiger partial charge is 0.211 e. The number of nitrogens with one attached hydrogen (secondary N) is 1. The highest BCUT2D eigenvalue weighted by atomic mass is 35.5. The maximum atomic E-state index is 11.5. The van der Waals surface area contributed by atoms with Gasteiger partial charge in [0.25, 0.3) is 0 Å². The minimum absolute atomic E-state index is 0.0102. The maximum absolute atomic E-state index is 11.5. The van der Waals surface area contributed by atoms with E-state index >= 15 is 0 Å². The average Bonchev–Trinajstić information content (AvgIpc) is 2.66. The van der Waals surface area contributed by atoms with Crippen molar-refractivity contribution in [3.8, 4) is 0 Å². The number of alkyl halides is 1. The highest BCUT2D eigenvalue weighted by molar-refractivity contribution is 7.89. The zero-order valence-corrected chi connectivity index (χ0v) is 10.5. The number of hydrogen-bond donors (Lipinski definition) is 1. The van der Waals surface area contributed by atoms with Crippen LogP contribution in [-0.2, 0) is 14.8 Å². The Morgan fingerprint density at radius 2 is 2.33 bits per heavy atom. The molecule has 15 heavy (non-hydrogen) atoms. The number of rotatable bonds is 6. The molecule has 0 radical (unpaired) electrons.